The number of alkyl halides is 1. The molecule has 1 aromatic heterocycles. The third-order valence-electron chi connectivity index (χ3n) is 2.28. The Kier molecular flexibility index (Phi) is 4.07. The lowest BCUT2D eigenvalue weighted by molar-refractivity contribution is 0.602. The Hall–Kier alpha value is -1.00. The van der Waals surface area contributed by atoms with Crippen LogP contribution in [0.15, 0.2) is 23.6 Å². The zero-order valence-corrected chi connectivity index (χ0v) is 10.5. The van der Waals surface area contributed by atoms with Gasteiger partial charge in [-0.05, 0) is 24.6 Å². The molecular formula is C12H10ClF2NS. The van der Waals surface area contributed by atoms with Crippen LogP contribution >= 0.6 is 22.9 Å². The summed E-state index contributed by atoms with van der Waals surface area (Å²) >= 11 is 7.03. The van der Waals surface area contributed by atoms with E-state index in [0.717, 1.165) is 36.0 Å². The molecule has 5 heteroatoms. The summed E-state index contributed by atoms with van der Waals surface area (Å²) in [5.41, 5.74) is 0.690. The Balaban J connectivity index is 2.27. The maximum atomic E-state index is 13.5. The largest absolute Gasteiger partial charge is 0.241 e. The SMILES string of the molecule is Fc1ccc(F)c(-c2csc(CCCCl)n2)c1. The molecule has 0 saturated carbocycles. The molecule has 0 atom stereocenters. The standard InChI is InChI=1S/C12H10ClF2NS/c13-5-1-2-12-16-11(7-17-12)9-6-8(14)3-4-10(9)15/h3-4,6-7H,1-2,5H2. The van der Waals surface area contributed by atoms with E-state index in [4.69, 9.17) is 11.6 Å². The number of nitrogens with zero attached hydrogens (tertiary/aromatic N) is 1. The van der Waals surface area contributed by atoms with Gasteiger partial charge in [0.15, 0.2) is 0 Å². The van der Waals surface area contributed by atoms with Gasteiger partial charge in [-0.2, -0.15) is 0 Å². The van der Waals surface area contributed by atoms with Crippen LogP contribution in [-0.4, -0.2) is 10.9 Å². The second-order valence-corrected chi connectivity index (χ2v) is 4.86. The van der Waals surface area contributed by atoms with Gasteiger partial charge < -0.3 is 0 Å². The third-order valence-corrected chi connectivity index (χ3v) is 3.46. The molecule has 0 aliphatic rings. The van der Waals surface area contributed by atoms with E-state index in [2.05, 4.69) is 4.98 Å². The number of rotatable bonds is 4. The van der Waals surface area contributed by atoms with E-state index in [1.807, 2.05) is 0 Å². The molecule has 0 fully saturated rings. The summed E-state index contributed by atoms with van der Waals surface area (Å²) in [5, 5.41) is 2.63. The van der Waals surface area contributed by atoms with E-state index in [0.29, 0.717) is 11.6 Å². The van der Waals surface area contributed by atoms with Crippen LogP contribution in [0.5, 0.6) is 0 Å². The lowest BCUT2D eigenvalue weighted by atomic mass is 10.1. The molecular weight excluding hydrogens is 264 g/mol. The van der Waals surface area contributed by atoms with E-state index in [9.17, 15) is 8.78 Å². The molecule has 1 heterocycles. The lowest BCUT2D eigenvalue weighted by Crippen LogP contribution is -1.89. The molecule has 0 N–H and O–H groups in total. The average molecular weight is 274 g/mol. The van der Waals surface area contributed by atoms with Crippen molar-refractivity contribution in [3.05, 3.63) is 40.2 Å². The van der Waals surface area contributed by atoms with Crippen LogP contribution in [0.4, 0.5) is 8.78 Å². The minimum Gasteiger partial charge on any atom is -0.241 e. The quantitative estimate of drug-likeness (QED) is 0.759. The maximum absolute atomic E-state index is 13.5. The van der Waals surface area contributed by atoms with Crippen LogP contribution in [0, 0.1) is 11.6 Å². The zero-order chi connectivity index (χ0) is 12.3. The molecule has 0 aliphatic carbocycles. The summed E-state index contributed by atoms with van der Waals surface area (Å²) in [6.45, 7) is 0. The summed E-state index contributed by atoms with van der Waals surface area (Å²) in [4.78, 5) is 4.27. The van der Waals surface area contributed by atoms with Crippen molar-refractivity contribution in [2.24, 2.45) is 0 Å². The summed E-state index contributed by atoms with van der Waals surface area (Å²) in [5.74, 6) is -0.347. The fourth-order valence-electron chi connectivity index (χ4n) is 1.46. The molecule has 0 spiro atoms. The zero-order valence-electron chi connectivity index (χ0n) is 8.92. The molecule has 90 valence electrons. The first-order chi connectivity index (χ1) is 8.20. The Bertz CT molecular complexity index is 513. The molecule has 0 amide bonds. The van der Waals surface area contributed by atoms with Gasteiger partial charge in [0, 0.05) is 23.2 Å². The van der Waals surface area contributed by atoms with Gasteiger partial charge in [-0.15, -0.1) is 22.9 Å². The van der Waals surface area contributed by atoms with E-state index < -0.39 is 11.6 Å². The Labute approximate surface area is 107 Å². The number of hydrogen-bond acceptors (Lipinski definition) is 2. The van der Waals surface area contributed by atoms with E-state index in [1.54, 1.807) is 5.38 Å². The van der Waals surface area contributed by atoms with Crippen molar-refractivity contribution in [2.75, 3.05) is 5.88 Å². The molecule has 17 heavy (non-hydrogen) atoms. The van der Waals surface area contributed by atoms with Crippen molar-refractivity contribution in [3.8, 4) is 11.3 Å². The molecule has 0 saturated heterocycles. The highest BCUT2D eigenvalue weighted by atomic mass is 35.5. The number of aromatic nitrogens is 1. The number of aryl methyl sites for hydroxylation is 1. The summed E-state index contributed by atoms with van der Waals surface area (Å²) in [7, 11) is 0. The van der Waals surface area contributed by atoms with E-state index in [-0.39, 0.29) is 5.56 Å². The van der Waals surface area contributed by atoms with Crippen LogP contribution in [0.3, 0.4) is 0 Å². The monoisotopic (exact) mass is 273 g/mol. The van der Waals surface area contributed by atoms with Gasteiger partial charge in [0.25, 0.3) is 0 Å². The Morgan fingerprint density at radius 2 is 2.12 bits per heavy atom. The lowest BCUT2D eigenvalue weighted by Gasteiger charge is -1.99. The normalized spacial score (nSPS) is 10.8. The molecule has 0 unspecified atom stereocenters. The van der Waals surface area contributed by atoms with Crippen molar-refractivity contribution in [1.29, 1.82) is 0 Å². The molecule has 1 nitrogen and oxygen atoms in total. The molecule has 0 bridgehead atoms. The first-order valence-electron chi connectivity index (χ1n) is 5.16. The second kappa shape index (κ2) is 5.56. The molecule has 2 aromatic rings. The molecule has 1 aromatic carbocycles. The molecule has 0 aliphatic heterocycles. The first kappa shape index (κ1) is 12.5. The van der Waals surface area contributed by atoms with Gasteiger partial charge in [0.1, 0.15) is 11.6 Å². The highest BCUT2D eigenvalue weighted by Gasteiger charge is 2.10. The van der Waals surface area contributed by atoms with Crippen LogP contribution in [0.25, 0.3) is 11.3 Å². The van der Waals surface area contributed by atoms with E-state index in [1.165, 1.54) is 11.3 Å². The third kappa shape index (κ3) is 3.01. The van der Waals surface area contributed by atoms with Crippen molar-refractivity contribution < 1.29 is 8.78 Å². The summed E-state index contributed by atoms with van der Waals surface area (Å²) in [6.07, 6.45) is 1.60. The maximum Gasteiger partial charge on any atom is 0.132 e. The van der Waals surface area contributed by atoms with Gasteiger partial charge in [-0.3, -0.25) is 0 Å². The predicted octanol–water partition coefficient (Wildman–Crippen LogP) is 4.26. The fraction of sp³-hybridized carbons (Fsp3) is 0.250. The summed E-state index contributed by atoms with van der Waals surface area (Å²) in [6, 6.07) is 3.37. The van der Waals surface area contributed by atoms with Gasteiger partial charge in [0.05, 0.1) is 10.7 Å². The van der Waals surface area contributed by atoms with Crippen LogP contribution in [0.2, 0.25) is 0 Å². The topological polar surface area (TPSA) is 12.9 Å². The van der Waals surface area contributed by atoms with Crippen molar-refractivity contribution >= 4 is 22.9 Å². The average Bonchev–Trinajstić information content (AvgIpc) is 2.78. The minimum absolute atomic E-state index is 0.207. The number of halogens is 3. The number of benzene rings is 1. The Morgan fingerprint density at radius 3 is 2.88 bits per heavy atom. The number of hydrogen-bond donors (Lipinski definition) is 0. The van der Waals surface area contributed by atoms with Crippen molar-refractivity contribution in [2.45, 2.75) is 12.8 Å². The van der Waals surface area contributed by atoms with Crippen LogP contribution in [-0.2, 0) is 6.42 Å². The van der Waals surface area contributed by atoms with Crippen molar-refractivity contribution in [1.82, 2.24) is 4.98 Å². The molecule has 0 radical (unpaired) electrons. The predicted molar refractivity (Wildman–Crippen MR) is 66.5 cm³/mol. The first-order valence-corrected chi connectivity index (χ1v) is 6.58. The van der Waals surface area contributed by atoms with E-state index >= 15 is 0 Å². The molecule has 2 rings (SSSR count). The summed E-state index contributed by atoms with van der Waals surface area (Å²) < 4.78 is 26.5. The Morgan fingerprint density at radius 1 is 1.29 bits per heavy atom. The smallest absolute Gasteiger partial charge is 0.132 e. The van der Waals surface area contributed by atoms with Crippen LogP contribution in [0.1, 0.15) is 11.4 Å². The fourth-order valence-corrected chi connectivity index (χ4v) is 2.44. The van der Waals surface area contributed by atoms with Gasteiger partial charge >= 0.3 is 0 Å². The van der Waals surface area contributed by atoms with Crippen LogP contribution < -0.4 is 0 Å². The highest BCUT2D eigenvalue weighted by Crippen LogP contribution is 2.25. The minimum atomic E-state index is -0.461. The van der Waals surface area contributed by atoms with Gasteiger partial charge in [-0.25, -0.2) is 13.8 Å². The van der Waals surface area contributed by atoms with Crippen molar-refractivity contribution in [3.63, 3.8) is 0 Å². The van der Waals surface area contributed by atoms with Gasteiger partial charge in [-0.1, -0.05) is 0 Å². The highest BCUT2D eigenvalue weighted by molar-refractivity contribution is 7.09. The van der Waals surface area contributed by atoms with Gasteiger partial charge in [0.2, 0.25) is 0 Å². The second-order valence-electron chi connectivity index (χ2n) is 3.54. The number of thiazole rings is 1.